The van der Waals surface area contributed by atoms with Crippen molar-refractivity contribution in [2.24, 2.45) is 5.73 Å². The van der Waals surface area contributed by atoms with E-state index in [4.69, 9.17) is 10.5 Å². The molecule has 0 saturated carbocycles. The van der Waals surface area contributed by atoms with Crippen molar-refractivity contribution in [1.82, 2.24) is 0 Å². The highest BCUT2D eigenvalue weighted by atomic mass is 35.5. The molecule has 0 saturated heterocycles. The molecule has 2 aromatic rings. The van der Waals surface area contributed by atoms with Crippen molar-refractivity contribution in [2.45, 2.75) is 13.0 Å². The van der Waals surface area contributed by atoms with E-state index in [9.17, 15) is 0 Å². The van der Waals surface area contributed by atoms with Gasteiger partial charge in [-0.2, -0.15) is 0 Å². The van der Waals surface area contributed by atoms with Gasteiger partial charge in [-0.15, -0.1) is 12.4 Å². The van der Waals surface area contributed by atoms with E-state index in [0.29, 0.717) is 0 Å². The minimum Gasteiger partial charge on any atom is -0.497 e. The second kappa shape index (κ2) is 6.43. The summed E-state index contributed by atoms with van der Waals surface area (Å²) in [6.45, 7) is 1.99. The molecule has 2 nitrogen and oxygen atoms in total. The van der Waals surface area contributed by atoms with Crippen molar-refractivity contribution in [3.63, 3.8) is 0 Å². The zero-order valence-corrected chi connectivity index (χ0v) is 11.4. The number of rotatable bonds is 3. The molecule has 2 N–H and O–H groups in total. The van der Waals surface area contributed by atoms with Crippen LogP contribution in [0.2, 0.25) is 0 Å². The van der Waals surface area contributed by atoms with Gasteiger partial charge in [-0.3, -0.25) is 0 Å². The molecule has 0 bridgehead atoms. The van der Waals surface area contributed by atoms with Gasteiger partial charge < -0.3 is 10.5 Å². The summed E-state index contributed by atoms with van der Waals surface area (Å²) in [5.74, 6) is 0.869. The first-order valence-electron chi connectivity index (χ1n) is 5.70. The lowest BCUT2D eigenvalue weighted by atomic mass is 10.0. The van der Waals surface area contributed by atoms with Crippen molar-refractivity contribution < 1.29 is 4.74 Å². The van der Waals surface area contributed by atoms with Gasteiger partial charge in [0.05, 0.1) is 7.11 Å². The van der Waals surface area contributed by atoms with Gasteiger partial charge in [0.2, 0.25) is 0 Å². The highest BCUT2D eigenvalue weighted by Gasteiger charge is 2.03. The summed E-state index contributed by atoms with van der Waals surface area (Å²) in [5.41, 5.74) is 9.35. The Hall–Kier alpha value is -1.51. The lowest BCUT2D eigenvalue weighted by Crippen LogP contribution is -2.04. The fraction of sp³-hybridized carbons (Fsp3) is 0.200. The molecule has 0 aliphatic heterocycles. The number of methoxy groups -OCH3 is 1. The van der Waals surface area contributed by atoms with Crippen LogP contribution in [0.3, 0.4) is 0 Å². The molecule has 2 aromatic carbocycles. The van der Waals surface area contributed by atoms with E-state index in [1.807, 2.05) is 37.3 Å². The molecule has 0 aromatic heterocycles. The van der Waals surface area contributed by atoms with Crippen LogP contribution in [0.1, 0.15) is 18.5 Å². The van der Waals surface area contributed by atoms with Crippen LogP contribution >= 0.6 is 12.4 Å². The number of hydrogen-bond acceptors (Lipinski definition) is 2. The van der Waals surface area contributed by atoms with Gasteiger partial charge in [-0.1, -0.05) is 30.3 Å². The summed E-state index contributed by atoms with van der Waals surface area (Å²) in [5, 5.41) is 0. The Morgan fingerprint density at radius 1 is 1.00 bits per heavy atom. The van der Waals surface area contributed by atoms with E-state index in [0.717, 1.165) is 16.9 Å². The van der Waals surface area contributed by atoms with Crippen LogP contribution in [-0.4, -0.2) is 7.11 Å². The third-order valence-corrected chi connectivity index (χ3v) is 2.82. The van der Waals surface area contributed by atoms with E-state index < -0.39 is 0 Å². The van der Waals surface area contributed by atoms with Crippen LogP contribution < -0.4 is 10.5 Å². The summed E-state index contributed by atoms with van der Waals surface area (Å²) >= 11 is 0. The maximum Gasteiger partial charge on any atom is 0.119 e. The van der Waals surface area contributed by atoms with E-state index in [-0.39, 0.29) is 18.4 Å². The highest BCUT2D eigenvalue weighted by Crippen LogP contribution is 2.25. The largest absolute Gasteiger partial charge is 0.497 e. The first-order chi connectivity index (χ1) is 8.20. The number of ether oxygens (including phenoxy) is 1. The van der Waals surface area contributed by atoms with Crippen LogP contribution in [0, 0.1) is 0 Å². The molecule has 0 aliphatic carbocycles. The first kappa shape index (κ1) is 14.6. The number of halogens is 1. The maximum absolute atomic E-state index is 5.89. The monoisotopic (exact) mass is 263 g/mol. The summed E-state index contributed by atoms with van der Waals surface area (Å²) in [6.07, 6.45) is 0. The number of benzene rings is 2. The molecule has 0 aliphatic rings. The van der Waals surface area contributed by atoms with Gasteiger partial charge in [0.15, 0.2) is 0 Å². The second-order valence-corrected chi connectivity index (χ2v) is 4.15. The minimum absolute atomic E-state index is 0. The van der Waals surface area contributed by atoms with Crippen molar-refractivity contribution in [2.75, 3.05) is 7.11 Å². The van der Waals surface area contributed by atoms with Crippen molar-refractivity contribution in [3.8, 4) is 16.9 Å². The summed E-state index contributed by atoms with van der Waals surface area (Å²) in [6, 6.07) is 16.4. The molecule has 0 unspecified atom stereocenters. The topological polar surface area (TPSA) is 35.2 Å². The molecule has 0 amide bonds. The van der Waals surface area contributed by atoms with Crippen LogP contribution in [0.15, 0.2) is 48.5 Å². The van der Waals surface area contributed by atoms with Crippen molar-refractivity contribution in [1.29, 1.82) is 0 Å². The Morgan fingerprint density at radius 2 is 1.61 bits per heavy atom. The first-order valence-corrected chi connectivity index (χ1v) is 5.70. The molecular formula is C15H18ClNO. The Morgan fingerprint density at radius 3 is 2.22 bits per heavy atom. The standard InChI is InChI=1S/C15H17NO.ClH/c1-11(16)12-5-3-6-13(9-12)14-7-4-8-15(10-14)17-2;/h3-11H,16H2,1-2H3;1H/t11-;/m0./s1. The predicted octanol–water partition coefficient (Wildman–Crippen LogP) is 3.80. The molecule has 0 radical (unpaired) electrons. The number of hydrogen-bond donors (Lipinski definition) is 1. The van der Waals surface area contributed by atoms with Crippen molar-refractivity contribution in [3.05, 3.63) is 54.1 Å². The maximum atomic E-state index is 5.89. The quantitative estimate of drug-likeness (QED) is 0.914. The fourth-order valence-electron chi connectivity index (χ4n) is 1.80. The van der Waals surface area contributed by atoms with Gasteiger partial charge in [-0.05, 0) is 41.8 Å². The molecule has 2 rings (SSSR count). The van der Waals surface area contributed by atoms with E-state index in [1.165, 1.54) is 5.56 Å². The molecule has 0 heterocycles. The van der Waals surface area contributed by atoms with Gasteiger partial charge in [-0.25, -0.2) is 0 Å². The van der Waals surface area contributed by atoms with Gasteiger partial charge >= 0.3 is 0 Å². The molecular weight excluding hydrogens is 246 g/mol. The molecule has 3 heteroatoms. The van der Waals surface area contributed by atoms with Gasteiger partial charge in [0.1, 0.15) is 5.75 Å². The molecule has 0 fully saturated rings. The van der Waals surface area contributed by atoms with Gasteiger partial charge in [0.25, 0.3) is 0 Å². The van der Waals surface area contributed by atoms with Crippen molar-refractivity contribution >= 4 is 12.4 Å². The lowest BCUT2D eigenvalue weighted by Gasteiger charge is -2.09. The zero-order valence-electron chi connectivity index (χ0n) is 10.6. The predicted molar refractivity (Wildman–Crippen MR) is 78.3 cm³/mol. The smallest absolute Gasteiger partial charge is 0.119 e. The number of nitrogens with two attached hydrogens (primary N) is 1. The summed E-state index contributed by atoms with van der Waals surface area (Å²) in [4.78, 5) is 0. The Bertz CT molecular complexity index is 511. The molecule has 18 heavy (non-hydrogen) atoms. The molecule has 1 atom stereocenters. The Labute approximate surface area is 114 Å². The third kappa shape index (κ3) is 3.25. The average Bonchev–Trinajstić information content (AvgIpc) is 2.39. The zero-order chi connectivity index (χ0) is 12.3. The SMILES string of the molecule is COc1cccc(-c2cccc([C@H](C)N)c2)c1.Cl. The van der Waals surface area contributed by atoms with E-state index >= 15 is 0 Å². The summed E-state index contributed by atoms with van der Waals surface area (Å²) < 4.78 is 5.23. The Kier molecular flexibility index (Phi) is 5.20. The van der Waals surface area contributed by atoms with Gasteiger partial charge in [0, 0.05) is 6.04 Å². The van der Waals surface area contributed by atoms with E-state index in [1.54, 1.807) is 7.11 Å². The summed E-state index contributed by atoms with van der Waals surface area (Å²) in [7, 11) is 1.68. The van der Waals surface area contributed by atoms with Crippen LogP contribution in [0.5, 0.6) is 5.75 Å². The molecule has 96 valence electrons. The normalized spacial score (nSPS) is 11.5. The van der Waals surface area contributed by atoms with E-state index in [2.05, 4.69) is 18.2 Å². The highest BCUT2D eigenvalue weighted by molar-refractivity contribution is 5.85. The minimum atomic E-state index is 0. The second-order valence-electron chi connectivity index (χ2n) is 4.15. The molecule has 0 spiro atoms. The lowest BCUT2D eigenvalue weighted by molar-refractivity contribution is 0.415. The van der Waals surface area contributed by atoms with Crippen LogP contribution in [0.25, 0.3) is 11.1 Å². The third-order valence-electron chi connectivity index (χ3n) is 2.82. The fourth-order valence-corrected chi connectivity index (χ4v) is 1.80. The Balaban J connectivity index is 0.00000162. The van der Waals surface area contributed by atoms with Crippen LogP contribution in [-0.2, 0) is 0 Å². The average molecular weight is 264 g/mol. The van der Waals surface area contributed by atoms with Crippen LogP contribution in [0.4, 0.5) is 0 Å².